The average molecular weight is 293 g/mol. The standard InChI is InChI=1S/C11H11BrF2O2/c12-10(11(13)14)7-2-3-8-9(6-7)16-5-1-4-15-8/h2-3,6,10-11H,1,4-5H2. The van der Waals surface area contributed by atoms with Gasteiger partial charge in [-0.2, -0.15) is 0 Å². The molecule has 2 nitrogen and oxygen atoms in total. The van der Waals surface area contributed by atoms with E-state index in [0.717, 1.165) is 6.42 Å². The summed E-state index contributed by atoms with van der Waals surface area (Å²) in [6.45, 7) is 1.15. The number of halogens is 3. The molecule has 88 valence electrons. The van der Waals surface area contributed by atoms with Crippen LogP contribution in [-0.4, -0.2) is 19.6 Å². The van der Waals surface area contributed by atoms with Gasteiger partial charge in [-0.05, 0) is 17.7 Å². The lowest BCUT2D eigenvalue weighted by atomic mass is 10.1. The quantitative estimate of drug-likeness (QED) is 0.776. The van der Waals surface area contributed by atoms with E-state index in [1.807, 2.05) is 0 Å². The molecular formula is C11H11BrF2O2. The van der Waals surface area contributed by atoms with Gasteiger partial charge in [0.05, 0.1) is 13.2 Å². The van der Waals surface area contributed by atoms with Crippen LogP contribution in [0, 0.1) is 0 Å². The van der Waals surface area contributed by atoms with E-state index < -0.39 is 11.3 Å². The lowest BCUT2D eigenvalue weighted by molar-refractivity contribution is 0.147. The third-order valence-electron chi connectivity index (χ3n) is 2.31. The first-order chi connectivity index (χ1) is 7.68. The topological polar surface area (TPSA) is 18.5 Å². The van der Waals surface area contributed by atoms with Crippen molar-refractivity contribution in [1.82, 2.24) is 0 Å². The molecule has 0 saturated carbocycles. The molecule has 1 atom stereocenters. The van der Waals surface area contributed by atoms with Gasteiger partial charge in [0.2, 0.25) is 0 Å². The van der Waals surface area contributed by atoms with Crippen LogP contribution in [0.2, 0.25) is 0 Å². The van der Waals surface area contributed by atoms with E-state index in [1.54, 1.807) is 18.2 Å². The van der Waals surface area contributed by atoms with E-state index >= 15 is 0 Å². The van der Waals surface area contributed by atoms with Crippen molar-refractivity contribution < 1.29 is 18.3 Å². The van der Waals surface area contributed by atoms with E-state index in [4.69, 9.17) is 9.47 Å². The molecule has 1 aromatic carbocycles. The van der Waals surface area contributed by atoms with Gasteiger partial charge < -0.3 is 9.47 Å². The first-order valence-corrected chi connectivity index (χ1v) is 5.92. The summed E-state index contributed by atoms with van der Waals surface area (Å²) < 4.78 is 35.9. The Bertz CT molecular complexity index is 371. The second-order valence-corrected chi connectivity index (χ2v) is 4.48. The fourth-order valence-corrected chi connectivity index (χ4v) is 1.78. The normalized spacial score (nSPS) is 17.0. The Morgan fingerprint density at radius 3 is 2.50 bits per heavy atom. The summed E-state index contributed by atoms with van der Waals surface area (Å²) >= 11 is 2.95. The van der Waals surface area contributed by atoms with Crippen LogP contribution in [-0.2, 0) is 0 Å². The van der Waals surface area contributed by atoms with Crippen LogP contribution in [0.4, 0.5) is 8.78 Å². The lowest BCUT2D eigenvalue weighted by Gasteiger charge is -2.12. The van der Waals surface area contributed by atoms with Crippen molar-refractivity contribution in [2.45, 2.75) is 17.7 Å². The van der Waals surface area contributed by atoms with Crippen LogP contribution in [0.3, 0.4) is 0 Å². The van der Waals surface area contributed by atoms with E-state index in [-0.39, 0.29) is 0 Å². The number of hydrogen-bond acceptors (Lipinski definition) is 2. The van der Waals surface area contributed by atoms with Crippen molar-refractivity contribution in [1.29, 1.82) is 0 Å². The van der Waals surface area contributed by atoms with Crippen molar-refractivity contribution in [3.8, 4) is 11.5 Å². The molecule has 5 heteroatoms. The van der Waals surface area contributed by atoms with Crippen LogP contribution in [0.5, 0.6) is 11.5 Å². The van der Waals surface area contributed by atoms with Gasteiger partial charge in [0.25, 0.3) is 6.43 Å². The van der Waals surface area contributed by atoms with Crippen LogP contribution in [0.25, 0.3) is 0 Å². The minimum atomic E-state index is -2.44. The molecule has 0 radical (unpaired) electrons. The molecule has 1 aliphatic heterocycles. The Balaban J connectivity index is 2.27. The van der Waals surface area contributed by atoms with E-state index in [0.29, 0.717) is 30.3 Å². The molecule has 0 N–H and O–H groups in total. The summed E-state index contributed by atoms with van der Waals surface area (Å²) in [5.74, 6) is 1.16. The fraction of sp³-hybridized carbons (Fsp3) is 0.455. The molecule has 1 aromatic rings. The Morgan fingerprint density at radius 1 is 1.12 bits per heavy atom. The molecule has 1 aliphatic rings. The van der Waals surface area contributed by atoms with Crippen LogP contribution < -0.4 is 9.47 Å². The van der Waals surface area contributed by atoms with Gasteiger partial charge >= 0.3 is 0 Å². The third-order valence-corrected chi connectivity index (χ3v) is 3.24. The van der Waals surface area contributed by atoms with Gasteiger partial charge in [-0.3, -0.25) is 0 Å². The second kappa shape index (κ2) is 4.99. The van der Waals surface area contributed by atoms with Gasteiger partial charge in [0, 0.05) is 6.42 Å². The predicted octanol–water partition coefficient (Wildman–Crippen LogP) is 3.55. The molecule has 0 aromatic heterocycles. The van der Waals surface area contributed by atoms with Gasteiger partial charge in [0.15, 0.2) is 11.5 Å². The highest BCUT2D eigenvalue weighted by Gasteiger charge is 2.21. The number of fused-ring (bicyclic) bond motifs is 1. The van der Waals surface area contributed by atoms with Gasteiger partial charge in [-0.1, -0.05) is 22.0 Å². The highest BCUT2D eigenvalue weighted by atomic mass is 79.9. The molecule has 16 heavy (non-hydrogen) atoms. The SMILES string of the molecule is FC(F)C(Br)c1ccc2c(c1)OCCCO2. The minimum absolute atomic E-state index is 0.499. The number of alkyl halides is 3. The van der Waals surface area contributed by atoms with Gasteiger partial charge in [-0.25, -0.2) is 8.78 Å². The van der Waals surface area contributed by atoms with Crippen molar-refractivity contribution in [2.75, 3.05) is 13.2 Å². The lowest BCUT2D eigenvalue weighted by Crippen LogP contribution is -2.02. The molecular weight excluding hydrogens is 282 g/mol. The molecule has 0 spiro atoms. The van der Waals surface area contributed by atoms with Crippen molar-refractivity contribution >= 4 is 15.9 Å². The van der Waals surface area contributed by atoms with Crippen LogP contribution in [0.15, 0.2) is 18.2 Å². The van der Waals surface area contributed by atoms with Crippen LogP contribution >= 0.6 is 15.9 Å². The van der Waals surface area contributed by atoms with E-state index in [9.17, 15) is 8.78 Å². The average Bonchev–Trinajstić information content (AvgIpc) is 2.51. The largest absolute Gasteiger partial charge is 0.490 e. The molecule has 1 heterocycles. The van der Waals surface area contributed by atoms with Crippen molar-refractivity contribution in [3.05, 3.63) is 23.8 Å². The zero-order valence-electron chi connectivity index (χ0n) is 8.46. The maximum absolute atomic E-state index is 12.5. The molecule has 2 rings (SSSR count). The smallest absolute Gasteiger partial charge is 0.255 e. The highest BCUT2D eigenvalue weighted by Crippen LogP contribution is 2.36. The second-order valence-electron chi connectivity index (χ2n) is 3.49. The number of rotatable bonds is 2. The van der Waals surface area contributed by atoms with Crippen molar-refractivity contribution in [3.63, 3.8) is 0 Å². The monoisotopic (exact) mass is 292 g/mol. The maximum Gasteiger partial charge on any atom is 0.255 e. The Hall–Kier alpha value is -0.840. The van der Waals surface area contributed by atoms with Gasteiger partial charge in [-0.15, -0.1) is 0 Å². The first-order valence-electron chi connectivity index (χ1n) is 5.00. The summed E-state index contributed by atoms with van der Waals surface area (Å²) in [7, 11) is 0. The summed E-state index contributed by atoms with van der Waals surface area (Å²) in [5.41, 5.74) is 0.499. The van der Waals surface area contributed by atoms with E-state index in [2.05, 4.69) is 15.9 Å². The minimum Gasteiger partial charge on any atom is -0.490 e. The number of ether oxygens (including phenoxy) is 2. The molecule has 1 unspecified atom stereocenters. The summed E-state index contributed by atoms with van der Waals surface area (Å²) in [4.78, 5) is -0.968. The summed E-state index contributed by atoms with van der Waals surface area (Å²) in [6.07, 6.45) is -1.64. The third kappa shape index (κ3) is 2.45. The number of benzene rings is 1. The highest BCUT2D eigenvalue weighted by molar-refractivity contribution is 9.09. The molecule has 0 aliphatic carbocycles. The molecule has 0 fully saturated rings. The fourth-order valence-electron chi connectivity index (χ4n) is 1.50. The zero-order chi connectivity index (χ0) is 11.5. The predicted molar refractivity (Wildman–Crippen MR) is 59.7 cm³/mol. The van der Waals surface area contributed by atoms with Crippen molar-refractivity contribution in [2.24, 2.45) is 0 Å². The van der Waals surface area contributed by atoms with Gasteiger partial charge in [0.1, 0.15) is 4.83 Å². The van der Waals surface area contributed by atoms with Crippen LogP contribution in [0.1, 0.15) is 16.8 Å². The Labute approximate surface area is 101 Å². The number of hydrogen-bond donors (Lipinski definition) is 0. The zero-order valence-corrected chi connectivity index (χ0v) is 10.0. The summed E-state index contributed by atoms with van der Waals surface area (Å²) in [6, 6.07) is 4.90. The Kier molecular flexibility index (Phi) is 3.63. The molecule has 0 amide bonds. The maximum atomic E-state index is 12.5. The Morgan fingerprint density at radius 2 is 1.81 bits per heavy atom. The summed E-state index contributed by atoms with van der Waals surface area (Å²) in [5, 5.41) is 0. The molecule has 0 bridgehead atoms. The first kappa shape index (κ1) is 11.6. The van der Waals surface area contributed by atoms with E-state index in [1.165, 1.54) is 0 Å². The molecule has 0 saturated heterocycles.